The van der Waals surface area contributed by atoms with E-state index < -0.39 is 5.97 Å². The molecule has 0 aliphatic heterocycles. The lowest BCUT2D eigenvalue weighted by molar-refractivity contribution is 0.0520. The number of rotatable bonds is 3. The molecule has 0 amide bonds. The number of halogens is 1. The van der Waals surface area contributed by atoms with Crippen LogP contribution in [0.4, 0.5) is 0 Å². The molecule has 2 heterocycles. The molecule has 0 saturated carbocycles. The molecule has 3 rings (SSSR count). The van der Waals surface area contributed by atoms with E-state index in [1.54, 1.807) is 23.7 Å². The molecule has 0 aliphatic carbocycles. The number of benzene rings is 1. The quantitative estimate of drug-likeness (QED) is 0.697. The van der Waals surface area contributed by atoms with Gasteiger partial charge in [0.15, 0.2) is 5.69 Å². The van der Waals surface area contributed by atoms with Gasteiger partial charge in [0.2, 0.25) is 5.78 Å². The summed E-state index contributed by atoms with van der Waals surface area (Å²) in [7, 11) is 0. The molecular formula is C15H12ClN3O2. The first-order valence-corrected chi connectivity index (χ1v) is 6.83. The third-order valence-corrected chi connectivity index (χ3v) is 3.22. The molecular weight excluding hydrogens is 290 g/mol. The lowest BCUT2D eigenvalue weighted by Gasteiger charge is -2.01. The molecule has 6 heteroatoms. The second-order valence-electron chi connectivity index (χ2n) is 4.40. The Hall–Kier alpha value is -2.40. The number of hydrogen-bond acceptors (Lipinski definition) is 4. The van der Waals surface area contributed by atoms with E-state index >= 15 is 0 Å². The van der Waals surface area contributed by atoms with Gasteiger partial charge in [-0.1, -0.05) is 23.7 Å². The van der Waals surface area contributed by atoms with Crippen molar-refractivity contribution in [2.75, 3.05) is 6.61 Å². The van der Waals surface area contributed by atoms with Gasteiger partial charge in [-0.25, -0.2) is 14.8 Å². The van der Waals surface area contributed by atoms with Crippen molar-refractivity contribution in [1.82, 2.24) is 14.4 Å². The lowest BCUT2D eigenvalue weighted by atomic mass is 10.1. The summed E-state index contributed by atoms with van der Waals surface area (Å²) in [5.41, 5.74) is 2.14. The summed E-state index contributed by atoms with van der Waals surface area (Å²) >= 11 is 5.88. The molecule has 0 N–H and O–H groups in total. The molecule has 0 atom stereocenters. The first-order chi connectivity index (χ1) is 10.2. The summed E-state index contributed by atoms with van der Waals surface area (Å²) in [5, 5.41) is 0.681. The SMILES string of the molecule is CCOC(=O)c1cn2cc(-c3ccc(Cl)cc3)cnc2n1. The number of nitrogens with zero attached hydrogens (tertiary/aromatic N) is 3. The highest BCUT2D eigenvalue weighted by molar-refractivity contribution is 6.30. The molecule has 1 aromatic carbocycles. The summed E-state index contributed by atoms with van der Waals surface area (Å²) < 4.78 is 6.63. The monoisotopic (exact) mass is 301 g/mol. The van der Waals surface area contributed by atoms with Crippen LogP contribution < -0.4 is 0 Å². The van der Waals surface area contributed by atoms with Crippen molar-refractivity contribution >= 4 is 23.3 Å². The van der Waals surface area contributed by atoms with Crippen LogP contribution in [0.5, 0.6) is 0 Å². The second kappa shape index (κ2) is 5.54. The van der Waals surface area contributed by atoms with Crippen LogP contribution in [0.15, 0.2) is 42.9 Å². The number of esters is 1. The maximum Gasteiger partial charge on any atom is 0.358 e. The van der Waals surface area contributed by atoms with Gasteiger partial charge in [-0.05, 0) is 24.6 Å². The number of ether oxygens (including phenoxy) is 1. The van der Waals surface area contributed by atoms with E-state index in [9.17, 15) is 4.79 Å². The number of hydrogen-bond donors (Lipinski definition) is 0. The second-order valence-corrected chi connectivity index (χ2v) is 4.84. The molecule has 0 spiro atoms. The van der Waals surface area contributed by atoms with E-state index in [0.717, 1.165) is 11.1 Å². The van der Waals surface area contributed by atoms with Crippen molar-refractivity contribution in [1.29, 1.82) is 0 Å². The van der Waals surface area contributed by atoms with Crippen LogP contribution in [0.1, 0.15) is 17.4 Å². The Balaban J connectivity index is 2.00. The fraction of sp³-hybridized carbons (Fsp3) is 0.133. The highest BCUT2D eigenvalue weighted by Crippen LogP contribution is 2.21. The van der Waals surface area contributed by atoms with Crippen LogP contribution in [-0.2, 0) is 4.74 Å². The fourth-order valence-corrected chi connectivity index (χ4v) is 2.11. The summed E-state index contributed by atoms with van der Waals surface area (Å²) in [6.07, 6.45) is 5.18. The maximum absolute atomic E-state index is 11.7. The molecule has 5 nitrogen and oxygen atoms in total. The highest BCUT2D eigenvalue weighted by atomic mass is 35.5. The molecule has 0 unspecified atom stereocenters. The third kappa shape index (κ3) is 2.73. The average molecular weight is 302 g/mol. The van der Waals surface area contributed by atoms with E-state index in [1.165, 1.54) is 0 Å². The van der Waals surface area contributed by atoms with Crippen molar-refractivity contribution in [2.45, 2.75) is 6.92 Å². The number of imidazole rings is 1. The van der Waals surface area contributed by atoms with Crippen LogP contribution in [0.3, 0.4) is 0 Å². The van der Waals surface area contributed by atoms with E-state index in [-0.39, 0.29) is 5.69 Å². The van der Waals surface area contributed by atoms with Crippen molar-refractivity contribution in [3.05, 3.63) is 53.6 Å². The normalized spacial score (nSPS) is 10.8. The lowest BCUT2D eigenvalue weighted by Crippen LogP contribution is -2.04. The van der Waals surface area contributed by atoms with Crippen LogP contribution in [0, 0.1) is 0 Å². The van der Waals surface area contributed by atoms with Crippen molar-refractivity contribution in [2.24, 2.45) is 0 Å². The van der Waals surface area contributed by atoms with Gasteiger partial charge in [0.1, 0.15) is 0 Å². The summed E-state index contributed by atoms with van der Waals surface area (Å²) in [4.78, 5) is 20.1. The van der Waals surface area contributed by atoms with Crippen LogP contribution >= 0.6 is 11.6 Å². The Morgan fingerprint density at radius 2 is 2.00 bits per heavy atom. The molecule has 21 heavy (non-hydrogen) atoms. The number of aromatic nitrogens is 3. The maximum atomic E-state index is 11.7. The first kappa shape index (κ1) is 13.6. The minimum Gasteiger partial charge on any atom is -0.461 e. The first-order valence-electron chi connectivity index (χ1n) is 6.45. The minimum absolute atomic E-state index is 0.248. The van der Waals surface area contributed by atoms with Crippen molar-refractivity contribution < 1.29 is 9.53 Å². The average Bonchev–Trinajstić information content (AvgIpc) is 2.91. The van der Waals surface area contributed by atoms with Gasteiger partial charge in [-0.2, -0.15) is 0 Å². The predicted molar refractivity (Wildman–Crippen MR) is 79.4 cm³/mol. The van der Waals surface area contributed by atoms with Gasteiger partial charge in [-0.3, -0.25) is 4.40 Å². The Labute approximate surface area is 126 Å². The van der Waals surface area contributed by atoms with Gasteiger partial charge in [0, 0.05) is 29.2 Å². The molecule has 0 aliphatic rings. The fourth-order valence-electron chi connectivity index (χ4n) is 1.98. The smallest absolute Gasteiger partial charge is 0.358 e. The van der Waals surface area contributed by atoms with Crippen molar-refractivity contribution in [3.63, 3.8) is 0 Å². The van der Waals surface area contributed by atoms with Crippen molar-refractivity contribution in [3.8, 4) is 11.1 Å². The van der Waals surface area contributed by atoms with Gasteiger partial charge in [0.25, 0.3) is 0 Å². The van der Waals surface area contributed by atoms with Crippen LogP contribution in [-0.4, -0.2) is 26.9 Å². The molecule has 106 valence electrons. The number of carbonyl (C=O) groups is 1. The number of fused-ring (bicyclic) bond motifs is 1. The zero-order valence-corrected chi connectivity index (χ0v) is 12.0. The zero-order valence-electron chi connectivity index (χ0n) is 11.3. The van der Waals surface area contributed by atoms with E-state index in [0.29, 0.717) is 17.4 Å². The summed E-state index contributed by atoms with van der Waals surface area (Å²) in [6, 6.07) is 7.46. The van der Waals surface area contributed by atoms with Gasteiger partial charge in [-0.15, -0.1) is 0 Å². The van der Waals surface area contributed by atoms with E-state index in [4.69, 9.17) is 16.3 Å². The Bertz CT molecular complexity index is 796. The van der Waals surface area contributed by atoms with Gasteiger partial charge in [0.05, 0.1) is 6.61 Å². The molecule has 0 fully saturated rings. The van der Waals surface area contributed by atoms with E-state index in [2.05, 4.69) is 9.97 Å². The Morgan fingerprint density at radius 1 is 1.24 bits per heavy atom. The molecule has 0 bridgehead atoms. The summed E-state index contributed by atoms with van der Waals surface area (Å²) in [5.74, 6) is 0.00631. The summed E-state index contributed by atoms with van der Waals surface area (Å²) in [6.45, 7) is 2.07. The van der Waals surface area contributed by atoms with Gasteiger partial charge >= 0.3 is 5.97 Å². The molecule has 0 radical (unpaired) electrons. The third-order valence-electron chi connectivity index (χ3n) is 2.97. The highest BCUT2D eigenvalue weighted by Gasteiger charge is 2.12. The van der Waals surface area contributed by atoms with E-state index in [1.807, 2.05) is 30.5 Å². The largest absolute Gasteiger partial charge is 0.461 e. The molecule has 2 aromatic heterocycles. The topological polar surface area (TPSA) is 56.5 Å². The Kier molecular flexibility index (Phi) is 3.58. The minimum atomic E-state index is -0.448. The zero-order chi connectivity index (χ0) is 14.8. The predicted octanol–water partition coefficient (Wildman–Crippen LogP) is 3.23. The number of carbonyl (C=O) groups excluding carboxylic acids is 1. The Morgan fingerprint density at radius 3 is 2.71 bits per heavy atom. The van der Waals surface area contributed by atoms with Crippen LogP contribution in [0.25, 0.3) is 16.9 Å². The van der Waals surface area contributed by atoms with Crippen LogP contribution in [0.2, 0.25) is 5.02 Å². The molecule has 0 saturated heterocycles. The van der Waals surface area contributed by atoms with Gasteiger partial charge < -0.3 is 4.74 Å². The standard InChI is InChI=1S/C15H12ClN3O2/c1-2-21-14(20)13-9-19-8-11(7-17-15(19)18-13)10-3-5-12(16)6-4-10/h3-9H,2H2,1H3. The molecule has 3 aromatic rings.